The van der Waals surface area contributed by atoms with Gasteiger partial charge in [0, 0.05) is 12.8 Å². The minimum absolute atomic E-state index is 0.0278. The Morgan fingerprint density at radius 2 is 0.790 bits per heavy atom. The zero-order valence-electron chi connectivity index (χ0n) is 53.5. The Bertz CT molecular complexity index is 1710. The van der Waals surface area contributed by atoms with Crippen molar-refractivity contribution in [1.29, 1.82) is 0 Å². The van der Waals surface area contributed by atoms with Gasteiger partial charge in [-0.05, 0) is 109 Å². The van der Waals surface area contributed by atoms with Crippen molar-refractivity contribution in [2.24, 2.45) is 0 Å². The molecule has 0 spiro atoms. The zero-order valence-corrected chi connectivity index (χ0v) is 54.4. The zero-order chi connectivity index (χ0) is 59.3. The molecular formula is C71H127N2O7P. The summed E-state index contributed by atoms with van der Waals surface area (Å²) in [5, 5.41) is 3.03. The molecule has 3 unspecified atom stereocenters. The predicted molar refractivity (Wildman–Crippen MR) is 348 cm³/mol. The molecule has 3 atom stereocenters. The molecular weight excluding hydrogens is 1020 g/mol. The predicted octanol–water partition coefficient (Wildman–Crippen LogP) is 20.5. The average molecular weight is 1150 g/mol. The largest absolute Gasteiger partial charge is 0.756 e. The van der Waals surface area contributed by atoms with E-state index in [0.29, 0.717) is 17.4 Å². The van der Waals surface area contributed by atoms with Crippen LogP contribution in [0, 0.1) is 0 Å². The number of hydrogen-bond acceptors (Lipinski definition) is 7. The van der Waals surface area contributed by atoms with Gasteiger partial charge < -0.3 is 28.5 Å². The molecule has 0 aliphatic carbocycles. The lowest BCUT2D eigenvalue weighted by molar-refractivity contribution is -0.870. The molecule has 0 bridgehead atoms. The molecule has 0 aromatic carbocycles. The van der Waals surface area contributed by atoms with Crippen molar-refractivity contribution in [2.75, 3.05) is 40.9 Å². The first-order valence-corrected chi connectivity index (χ1v) is 35.0. The van der Waals surface area contributed by atoms with E-state index in [-0.39, 0.29) is 24.9 Å². The van der Waals surface area contributed by atoms with E-state index in [4.69, 9.17) is 13.8 Å². The van der Waals surface area contributed by atoms with Gasteiger partial charge in [-0.1, -0.05) is 266 Å². The molecule has 0 aliphatic heterocycles. The Morgan fingerprint density at radius 1 is 0.444 bits per heavy atom. The molecule has 0 heterocycles. The highest BCUT2D eigenvalue weighted by molar-refractivity contribution is 7.45. The van der Waals surface area contributed by atoms with Crippen LogP contribution in [0.1, 0.15) is 290 Å². The topological polar surface area (TPSA) is 114 Å². The van der Waals surface area contributed by atoms with E-state index >= 15 is 0 Å². The van der Waals surface area contributed by atoms with Crippen LogP contribution >= 0.6 is 7.82 Å². The third-order valence-corrected chi connectivity index (χ3v) is 15.5. The number of carbonyl (C=O) groups is 2. The summed E-state index contributed by atoms with van der Waals surface area (Å²) in [6, 6.07) is -0.898. The number of allylic oxidation sites excluding steroid dienone is 15. The lowest BCUT2D eigenvalue weighted by Crippen LogP contribution is -2.47. The van der Waals surface area contributed by atoms with Crippen molar-refractivity contribution in [3.05, 3.63) is 97.2 Å². The van der Waals surface area contributed by atoms with Crippen LogP contribution in [0.25, 0.3) is 0 Å². The lowest BCUT2D eigenvalue weighted by Gasteiger charge is -2.30. The number of hydrogen-bond donors (Lipinski definition) is 1. The van der Waals surface area contributed by atoms with Crippen molar-refractivity contribution in [2.45, 2.75) is 303 Å². The Hall–Kier alpha value is -3.07. The molecule has 0 aromatic heterocycles. The fourth-order valence-electron chi connectivity index (χ4n) is 9.34. The van der Waals surface area contributed by atoms with Crippen molar-refractivity contribution < 1.29 is 37.3 Å². The number of nitrogens with zero attached hydrogens (tertiary/aromatic N) is 1. The molecule has 1 amide bonds. The number of unbranched alkanes of at least 4 members (excludes halogenated alkanes) is 30. The van der Waals surface area contributed by atoms with Crippen molar-refractivity contribution in [1.82, 2.24) is 5.32 Å². The van der Waals surface area contributed by atoms with Gasteiger partial charge in [-0.3, -0.25) is 14.2 Å². The van der Waals surface area contributed by atoms with Crippen LogP contribution in [0.2, 0.25) is 0 Å². The van der Waals surface area contributed by atoms with Crippen LogP contribution in [0.4, 0.5) is 0 Å². The maximum absolute atomic E-state index is 13.6. The number of phosphoric ester groups is 1. The van der Waals surface area contributed by atoms with E-state index in [1.165, 1.54) is 135 Å². The highest BCUT2D eigenvalue weighted by Gasteiger charge is 2.27. The Kier molecular flexibility index (Phi) is 57.8. The van der Waals surface area contributed by atoms with Crippen LogP contribution in [-0.4, -0.2) is 69.4 Å². The normalized spacial score (nSPS) is 14.2. The van der Waals surface area contributed by atoms with E-state index in [1.807, 2.05) is 33.3 Å². The molecule has 81 heavy (non-hydrogen) atoms. The number of ether oxygens (including phenoxy) is 1. The van der Waals surface area contributed by atoms with E-state index < -0.39 is 26.6 Å². The van der Waals surface area contributed by atoms with E-state index in [0.717, 1.165) is 122 Å². The fourth-order valence-corrected chi connectivity index (χ4v) is 10.1. The van der Waals surface area contributed by atoms with Gasteiger partial charge in [-0.2, -0.15) is 0 Å². The highest BCUT2D eigenvalue weighted by Crippen LogP contribution is 2.38. The number of esters is 1. The number of nitrogens with one attached hydrogen (secondary N) is 1. The molecule has 10 heteroatoms. The van der Waals surface area contributed by atoms with E-state index in [9.17, 15) is 19.0 Å². The summed E-state index contributed by atoms with van der Waals surface area (Å²) in [5.41, 5.74) is 0. The number of carbonyl (C=O) groups excluding carboxylic acids is 2. The Balaban J connectivity index is 5.11. The van der Waals surface area contributed by atoms with Gasteiger partial charge in [0.25, 0.3) is 7.82 Å². The van der Waals surface area contributed by atoms with Crippen molar-refractivity contribution in [3.63, 3.8) is 0 Å². The van der Waals surface area contributed by atoms with Gasteiger partial charge in [0.1, 0.15) is 19.3 Å². The second kappa shape index (κ2) is 60.1. The third-order valence-electron chi connectivity index (χ3n) is 14.5. The lowest BCUT2D eigenvalue weighted by atomic mass is 10.0. The number of rotatable bonds is 60. The van der Waals surface area contributed by atoms with Crippen molar-refractivity contribution >= 4 is 19.7 Å². The number of likely N-dealkylation sites (N-methyl/N-ethyl adjacent to an activating group) is 1. The van der Waals surface area contributed by atoms with Gasteiger partial charge in [0.15, 0.2) is 0 Å². The van der Waals surface area contributed by atoms with Gasteiger partial charge in [-0.15, -0.1) is 0 Å². The molecule has 0 fully saturated rings. The molecule has 0 aromatic rings. The molecule has 0 aliphatic rings. The van der Waals surface area contributed by atoms with Gasteiger partial charge in [0.2, 0.25) is 5.91 Å². The first kappa shape index (κ1) is 77.9. The summed E-state index contributed by atoms with van der Waals surface area (Å²) >= 11 is 0. The summed E-state index contributed by atoms with van der Waals surface area (Å²) in [7, 11) is 1.17. The average Bonchev–Trinajstić information content (AvgIpc) is 3.43. The molecule has 0 saturated carbocycles. The first-order valence-electron chi connectivity index (χ1n) is 33.5. The van der Waals surface area contributed by atoms with Crippen LogP contribution in [0.5, 0.6) is 0 Å². The smallest absolute Gasteiger partial charge is 0.306 e. The molecule has 0 radical (unpaired) electrons. The second-order valence-corrected chi connectivity index (χ2v) is 25.0. The molecule has 0 rings (SSSR count). The Labute approximate surface area is 500 Å². The quantitative estimate of drug-likeness (QED) is 0.0212. The number of phosphoric acid groups is 1. The second-order valence-electron chi connectivity index (χ2n) is 23.6. The van der Waals surface area contributed by atoms with E-state index in [2.05, 4.69) is 111 Å². The van der Waals surface area contributed by atoms with Crippen LogP contribution in [-0.2, 0) is 27.9 Å². The monoisotopic (exact) mass is 1150 g/mol. The molecule has 1 N–H and O–H groups in total. The minimum atomic E-state index is -4.71. The summed E-state index contributed by atoms with van der Waals surface area (Å²) < 4.78 is 30.4. The van der Waals surface area contributed by atoms with Gasteiger partial charge in [0.05, 0.1) is 33.8 Å². The first-order chi connectivity index (χ1) is 39.4. The third kappa shape index (κ3) is 61.3. The Morgan fingerprint density at radius 3 is 1.21 bits per heavy atom. The van der Waals surface area contributed by atoms with Crippen molar-refractivity contribution in [3.8, 4) is 0 Å². The molecule has 0 saturated heterocycles. The number of quaternary nitrogens is 1. The minimum Gasteiger partial charge on any atom is -0.756 e. The molecule has 468 valence electrons. The van der Waals surface area contributed by atoms with Crippen LogP contribution in [0.15, 0.2) is 97.2 Å². The summed E-state index contributed by atoms with van der Waals surface area (Å²) in [4.78, 5) is 40.1. The fraction of sp³-hybridized carbons (Fsp3) is 0.746. The van der Waals surface area contributed by atoms with Gasteiger partial charge in [-0.25, -0.2) is 0 Å². The van der Waals surface area contributed by atoms with E-state index in [1.54, 1.807) is 0 Å². The summed E-state index contributed by atoms with van der Waals surface area (Å²) in [6.07, 6.45) is 80.9. The van der Waals surface area contributed by atoms with Crippen LogP contribution in [0.3, 0.4) is 0 Å². The maximum atomic E-state index is 13.6. The SMILES string of the molecule is CC/C=C\C/C=C\C/C=C\C/C=C\C/C=C\CCCCCCCCCCCC(=O)OC(/C=C\CCCCCCCCCCC)C(COP(=O)([O-])OCC[N+](C)(C)C)NC(=O)CCCCCCCCCCC/C=C\C/C=C\CCCCC. The number of amides is 1. The summed E-state index contributed by atoms with van der Waals surface area (Å²) in [5.74, 6) is -0.552. The van der Waals surface area contributed by atoms with Gasteiger partial charge >= 0.3 is 5.97 Å². The highest BCUT2D eigenvalue weighted by atomic mass is 31.2. The standard InChI is InChI=1S/C71H127N2O7P/c1-7-10-13-16-19-22-25-27-29-31-33-34-35-36-37-38-40-42-44-46-49-52-55-58-61-64-71(75)80-69(62-59-56-53-50-47-24-21-18-15-12-9-3)68(67-79-81(76,77)78-66-65-73(4,5)6)72-70(74)63-60-57-54-51-48-45-43-41-39-32-30-28-26-23-20-17-14-11-8-2/h10,13,19-20,22-23,27-30,33-34,36-37,59,62,68-69H,7-9,11-12,14-18,21,24-26,31-32,35,38-58,60-61,63-67H2,1-6H3,(H-,72,74,76,77)/b13-10-,22-19-,23-20-,29-27-,30-28-,34-33-,37-36-,62-59-. The maximum Gasteiger partial charge on any atom is 0.306 e. The summed E-state index contributed by atoms with van der Waals surface area (Å²) in [6.45, 7) is 6.70. The molecule has 9 nitrogen and oxygen atoms in total. The van der Waals surface area contributed by atoms with Crippen LogP contribution < -0.4 is 10.2 Å².